The van der Waals surface area contributed by atoms with Crippen molar-refractivity contribution >= 4 is 22.8 Å². The Morgan fingerprint density at radius 1 is 0.815 bits per heavy atom. The second-order valence-electron chi connectivity index (χ2n) is 5.99. The lowest BCUT2D eigenvalue weighted by Crippen LogP contribution is -1.93. The maximum Gasteiger partial charge on any atom is 0.128 e. The number of H-pyrrole nitrogens is 1. The number of fused-ring (bicyclic) bond motifs is 1. The number of benzene rings is 3. The van der Waals surface area contributed by atoms with Gasteiger partial charge in [0.15, 0.2) is 0 Å². The van der Waals surface area contributed by atoms with Crippen LogP contribution < -0.4 is 5.43 Å². The van der Waals surface area contributed by atoms with E-state index in [9.17, 15) is 13.2 Å². The van der Waals surface area contributed by atoms with E-state index < -0.39 is 11.6 Å². The van der Waals surface area contributed by atoms with Crippen LogP contribution in [0.25, 0.3) is 22.2 Å². The molecule has 0 saturated heterocycles. The fourth-order valence-electron chi connectivity index (χ4n) is 2.93. The zero-order valence-electron chi connectivity index (χ0n) is 14.0. The van der Waals surface area contributed by atoms with Gasteiger partial charge in [0, 0.05) is 22.5 Å². The van der Waals surface area contributed by atoms with Crippen molar-refractivity contribution in [3.05, 3.63) is 89.7 Å². The van der Waals surface area contributed by atoms with E-state index in [1.54, 1.807) is 18.3 Å². The fourth-order valence-corrected chi connectivity index (χ4v) is 2.93. The largest absolute Gasteiger partial charge is 0.354 e. The van der Waals surface area contributed by atoms with Crippen molar-refractivity contribution in [2.45, 2.75) is 0 Å². The summed E-state index contributed by atoms with van der Waals surface area (Å²) in [6, 6.07) is 16.9. The molecular weight excluding hydrogens is 351 g/mol. The minimum atomic E-state index is -0.688. The van der Waals surface area contributed by atoms with Gasteiger partial charge in [0.05, 0.1) is 17.6 Å². The van der Waals surface area contributed by atoms with Crippen LogP contribution in [0.2, 0.25) is 0 Å². The van der Waals surface area contributed by atoms with Crippen LogP contribution in [0.4, 0.5) is 18.9 Å². The number of nitrogens with one attached hydrogen (secondary N) is 2. The Morgan fingerprint density at radius 2 is 1.52 bits per heavy atom. The summed E-state index contributed by atoms with van der Waals surface area (Å²) in [6.45, 7) is 0. The minimum absolute atomic E-state index is 0.201. The van der Waals surface area contributed by atoms with Crippen LogP contribution in [-0.4, -0.2) is 11.2 Å². The van der Waals surface area contributed by atoms with Crippen molar-refractivity contribution in [2.24, 2.45) is 5.10 Å². The molecule has 0 radical (unpaired) electrons. The van der Waals surface area contributed by atoms with Gasteiger partial charge in [-0.3, -0.25) is 5.43 Å². The van der Waals surface area contributed by atoms with E-state index in [1.807, 2.05) is 24.3 Å². The summed E-state index contributed by atoms with van der Waals surface area (Å²) in [5, 5.41) is 5.04. The summed E-state index contributed by atoms with van der Waals surface area (Å²) in [6.07, 6.45) is 1.57. The molecule has 0 aliphatic carbocycles. The lowest BCUT2D eigenvalue weighted by Gasteiger charge is -2.03. The zero-order chi connectivity index (χ0) is 18.8. The molecule has 0 atom stereocenters. The van der Waals surface area contributed by atoms with E-state index in [1.165, 1.54) is 12.1 Å². The van der Waals surface area contributed by atoms with Gasteiger partial charge in [-0.05, 0) is 48.0 Å². The molecule has 0 spiro atoms. The van der Waals surface area contributed by atoms with E-state index in [0.29, 0.717) is 0 Å². The highest BCUT2D eigenvalue weighted by Crippen LogP contribution is 2.29. The van der Waals surface area contributed by atoms with Crippen LogP contribution in [0.1, 0.15) is 5.56 Å². The zero-order valence-corrected chi connectivity index (χ0v) is 14.0. The van der Waals surface area contributed by atoms with Gasteiger partial charge in [0.25, 0.3) is 0 Å². The standard InChI is InChI=1S/C21H14F3N3/c22-14-7-5-13(6-8-14)21-19(18-3-1-2-4-20(18)26-21)12-25-27-17-10-15(23)9-16(24)11-17/h1-12,26-27H/b25-12+. The highest BCUT2D eigenvalue weighted by atomic mass is 19.1. The normalized spacial score (nSPS) is 11.4. The summed E-state index contributed by atoms with van der Waals surface area (Å²) in [7, 11) is 0. The first-order chi connectivity index (χ1) is 13.1. The van der Waals surface area contributed by atoms with E-state index >= 15 is 0 Å². The van der Waals surface area contributed by atoms with Crippen molar-refractivity contribution in [1.29, 1.82) is 0 Å². The lowest BCUT2D eigenvalue weighted by molar-refractivity contribution is 0.584. The van der Waals surface area contributed by atoms with Gasteiger partial charge in [0.2, 0.25) is 0 Å². The van der Waals surface area contributed by atoms with Crippen molar-refractivity contribution in [3.63, 3.8) is 0 Å². The summed E-state index contributed by atoms with van der Waals surface area (Å²) in [4.78, 5) is 3.31. The molecule has 0 aliphatic rings. The second-order valence-corrected chi connectivity index (χ2v) is 5.99. The molecule has 0 aliphatic heterocycles. The van der Waals surface area contributed by atoms with Gasteiger partial charge in [-0.15, -0.1) is 0 Å². The molecule has 4 rings (SSSR count). The Balaban J connectivity index is 1.73. The van der Waals surface area contributed by atoms with Crippen molar-refractivity contribution < 1.29 is 13.2 Å². The maximum atomic E-state index is 13.3. The molecule has 4 aromatic rings. The fraction of sp³-hybridized carbons (Fsp3) is 0. The summed E-state index contributed by atoms with van der Waals surface area (Å²) in [5.74, 6) is -1.70. The third-order valence-corrected chi connectivity index (χ3v) is 4.13. The number of halogens is 3. The molecular formula is C21H14F3N3. The first kappa shape index (κ1) is 16.9. The summed E-state index contributed by atoms with van der Waals surface area (Å²) >= 11 is 0. The highest BCUT2D eigenvalue weighted by Gasteiger charge is 2.11. The lowest BCUT2D eigenvalue weighted by atomic mass is 10.1. The number of aromatic amines is 1. The van der Waals surface area contributed by atoms with E-state index in [0.717, 1.165) is 45.9 Å². The molecule has 1 heterocycles. The molecule has 6 heteroatoms. The van der Waals surface area contributed by atoms with Gasteiger partial charge in [-0.25, -0.2) is 13.2 Å². The molecule has 3 nitrogen and oxygen atoms in total. The topological polar surface area (TPSA) is 40.2 Å². The summed E-state index contributed by atoms with van der Waals surface area (Å²) < 4.78 is 39.8. The van der Waals surface area contributed by atoms with Crippen LogP contribution in [0.3, 0.4) is 0 Å². The molecule has 27 heavy (non-hydrogen) atoms. The predicted octanol–water partition coefficient (Wildman–Crippen LogP) is 5.70. The van der Waals surface area contributed by atoms with Crippen LogP contribution in [0, 0.1) is 17.5 Å². The average Bonchev–Trinajstić information content (AvgIpc) is 3.00. The Morgan fingerprint density at radius 3 is 2.26 bits per heavy atom. The number of hydrogen-bond acceptors (Lipinski definition) is 2. The van der Waals surface area contributed by atoms with Gasteiger partial charge < -0.3 is 4.98 Å². The number of aromatic nitrogens is 1. The van der Waals surface area contributed by atoms with Crippen molar-refractivity contribution in [1.82, 2.24) is 4.98 Å². The van der Waals surface area contributed by atoms with E-state index in [-0.39, 0.29) is 11.5 Å². The predicted molar refractivity (Wildman–Crippen MR) is 101 cm³/mol. The number of rotatable bonds is 4. The molecule has 0 fully saturated rings. The van der Waals surface area contributed by atoms with Gasteiger partial charge >= 0.3 is 0 Å². The Labute approximate surface area is 153 Å². The monoisotopic (exact) mass is 365 g/mol. The second kappa shape index (κ2) is 6.99. The maximum absolute atomic E-state index is 13.3. The Hall–Kier alpha value is -3.54. The van der Waals surface area contributed by atoms with Crippen LogP contribution in [0.5, 0.6) is 0 Å². The van der Waals surface area contributed by atoms with Gasteiger partial charge in [-0.2, -0.15) is 5.10 Å². The third kappa shape index (κ3) is 3.55. The quantitative estimate of drug-likeness (QED) is 0.354. The van der Waals surface area contributed by atoms with Gasteiger partial charge in [-0.1, -0.05) is 18.2 Å². The SMILES string of the molecule is Fc1ccc(-c2[nH]c3ccccc3c2/C=N/Nc2cc(F)cc(F)c2)cc1. The first-order valence-corrected chi connectivity index (χ1v) is 8.22. The third-order valence-electron chi connectivity index (χ3n) is 4.13. The van der Waals surface area contributed by atoms with Crippen molar-refractivity contribution in [3.8, 4) is 11.3 Å². The molecule has 1 aromatic heterocycles. The molecule has 2 N–H and O–H groups in total. The molecule has 0 unspecified atom stereocenters. The summed E-state index contributed by atoms with van der Waals surface area (Å²) in [5.41, 5.74) is 6.08. The number of nitrogens with zero attached hydrogens (tertiary/aromatic N) is 1. The first-order valence-electron chi connectivity index (χ1n) is 8.22. The number of para-hydroxylation sites is 1. The molecule has 0 amide bonds. The molecule has 3 aromatic carbocycles. The minimum Gasteiger partial charge on any atom is -0.354 e. The molecule has 0 bridgehead atoms. The Kier molecular flexibility index (Phi) is 4.38. The van der Waals surface area contributed by atoms with E-state index in [2.05, 4.69) is 15.5 Å². The average molecular weight is 365 g/mol. The number of hydrogen-bond donors (Lipinski definition) is 2. The number of anilines is 1. The Bertz CT molecular complexity index is 1110. The van der Waals surface area contributed by atoms with Crippen molar-refractivity contribution in [2.75, 3.05) is 5.43 Å². The van der Waals surface area contributed by atoms with E-state index in [4.69, 9.17) is 0 Å². The van der Waals surface area contributed by atoms with Gasteiger partial charge in [0.1, 0.15) is 17.5 Å². The van der Waals surface area contributed by atoms with Crippen LogP contribution in [0.15, 0.2) is 71.8 Å². The highest BCUT2D eigenvalue weighted by molar-refractivity contribution is 6.06. The molecule has 0 saturated carbocycles. The smallest absolute Gasteiger partial charge is 0.128 e. The van der Waals surface area contributed by atoms with Crippen LogP contribution in [-0.2, 0) is 0 Å². The van der Waals surface area contributed by atoms with Crippen LogP contribution >= 0.6 is 0 Å². The number of hydrazone groups is 1. The molecule has 134 valence electrons.